The molecule has 0 spiro atoms. The molecule has 0 aliphatic carbocycles. The second-order valence-corrected chi connectivity index (χ2v) is 7.27. The largest absolute Gasteiger partial charge is 0.446 e. The Balaban J connectivity index is 2.79. The minimum Gasteiger partial charge on any atom is -0.446 e. The molecule has 4 N–H and O–H groups in total. The SMILES string of the molecule is CC(C)OC(=O)NS(=O)(=O)NC1(C(N)=S)CCN(C)CC1. The molecule has 1 rings (SSSR count). The van der Waals surface area contributed by atoms with Crippen LogP contribution in [0.5, 0.6) is 0 Å². The van der Waals surface area contributed by atoms with Gasteiger partial charge in [0.1, 0.15) is 0 Å². The molecule has 21 heavy (non-hydrogen) atoms. The van der Waals surface area contributed by atoms with E-state index in [-0.39, 0.29) is 4.99 Å². The Labute approximate surface area is 130 Å². The monoisotopic (exact) mass is 338 g/mol. The fourth-order valence-corrected chi connectivity index (χ4v) is 3.50. The van der Waals surface area contributed by atoms with Crippen LogP contribution in [0.3, 0.4) is 0 Å². The summed E-state index contributed by atoms with van der Waals surface area (Å²) in [7, 11) is -2.18. The molecular weight excluding hydrogens is 316 g/mol. The number of piperidine rings is 1. The zero-order valence-corrected chi connectivity index (χ0v) is 14.0. The molecule has 0 aromatic carbocycles. The molecule has 0 aromatic rings. The molecule has 1 amide bonds. The number of nitrogens with two attached hydrogens (primary N) is 1. The van der Waals surface area contributed by atoms with E-state index < -0.39 is 27.9 Å². The normalized spacial score (nSPS) is 19.2. The maximum Gasteiger partial charge on any atom is 0.422 e. The predicted molar refractivity (Wildman–Crippen MR) is 83.1 cm³/mol. The number of carbonyl (C=O) groups is 1. The maximum absolute atomic E-state index is 12.0. The smallest absolute Gasteiger partial charge is 0.422 e. The van der Waals surface area contributed by atoms with Crippen molar-refractivity contribution in [2.45, 2.75) is 38.3 Å². The molecule has 0 bridgehead atoms. The summed E-state index contributed by atoms with van der Waals surface area (Å²) in [5.41, 5.74) is 4.69. The standard InChI is InChI=1S/C11H22N4O4S2/c1-8(2)19-10(16)13-21(17,18)14-11(9(12)20)4-6-15(3)7-5-11/h8,14H,4-7H2,1-3H3,(H2,12,20)(H,13,16). The van der Waals surface area contributed by atoms with E-state index in [0.29, 0.717) is 25.9 Å². The maximum atomic E-state index is 12.0. The van der Waals surface area contributed by atoms with E-state index in [4.69, 9.17) is 22.7 Å². The van der Waals surface area contributed by atoms with Gasteiger partial charge in [-0.2, -0.15) is 13.1 Å². The summed E-state index contributed by atoms with van der Waals surface area (Å²) < 4.78 is 33.0. The number of carbonyl (C=O) groups excluding carboxylic acids is 1. The van der Waals surface area contributed by atoms with Crippen LogP contribution in [0.2, 0.25) is 0 Å². The zero-order valence-electron chi connectivity index (χ0n) is 12.4. The van der Waals surface area contributed by atoms with Gasteiger partial charge in [0.2, 0.25) is 0 Å². The van der Waals surface area contributed by atoms with Crippen LogP contribution in [0.4, 0.5) is 4.79 Å². The van der Waals surface area contributed by atoms with Gasteiger partial charge in [-0.25, -0.2) is 9.52 Å². The highest BCUT2D eigenvalue weighted by atomic mass is 32.2. The number of nitrogens with zero attached hydrogens (tertiary/aromatic N) is 1. The van der Waals surface area contributed by atoms with Gasteiger partial charge in [0, 0.05) is 13.1 Å². The summed E-state index contributed by atoms with van der Waals surface area (Å²) in [5.74, 6) is 0. The first-order valence-corrected chi connectivity index (χ1v) is 8.46. The highest BCUT2D eigenvalue weighted by Crippen LogP contribution is 2.22. The van der Waals surface area contributed by atoms with Crippen LogP contribution in [0.25, 0.3) is 0 Å². The average molecular weight is 338 g/mol. The van der Waals surface area contributed by atoms with Crippen molar-refractivity contribution in [3.8, 4) is 0 Å². The molecule has 10 heteroatoms. The summed E-state index contributed by atoms with van der Waals surface area (Å²) in [4.78, 5) is 13.5. The van der Waals surface area contributed by atoms with Crippen LogP contribution >= 0.6 is 12.2 Å². The number of ether oxygens (including phenoxy) is 1. The zero-order chi connectivity index (χ0) is 16.3. The van der Waals surface area contributed by atoms with E-state index in [1.54, 1.807) is 18.6 Å². The van der Waals surface area contributed by atoms with Crippen molar-refractivity contribution < 1.29 is 17.9 Å². The Hall–Kier alpha value is -0.970. The van der Waals surface area contributed by atoms with E-state index in [2.05, 4.69) is 4.72 Å². The number of amides is 1. The van der Waals surface area contributed by atoms with E-state index in [0.717, 1.165) is 0 Å². The summed E-state index contributed by atoms with van der Waals surface area (Å²) in [6.07, 6.45) is -0.575. The predicted octanol–water partition coefficient (Wildman–Crippen LogP) is -0.294. The van der Waals surface area contributed by atoms with Gasteiger partial charge < -0.3 is 15.4 Å². The van der Waals surface area contributed by atoms with E-state index in [1.807, 2.05) is 11.9 Å². The van der Waals surface area contributed by atoms with Crippen LogP contribution in [0.15, 0.2) is 0 Å². The van der Waals surface area contributed by atoms with Gasteiger partial charge in [-0.3, -0.25) is 0 Å². The molecule has 0 saturated carbocycles. The minimum atomic E-state index is -4.11. The Bertz CT molecular complexity index is 498. The molecule has 1 heterocycles. The number of likely N-dealkylation sites (tertiary alicyclic amines) is 1. The lowest BCUT2D eigenvalue weighted by atomic mass is 9.89. The van der Waals surface area contributed by atoms with Gasteiger partial charge in [0.25, 0.3) is 0 Å². The third-order valence-electron chi connectivity index (χ3n) is 3.20. The molecular formula is C11H22N4O4S2. The van der Waals surface area contributed by atoms with Gasteiger partial charge in [0.05, 0.1) is 16.6 Å². The lowest BCUT2D eigenvalue weighted by Gasteiger charge is -2.39. The second-order valence-electron chi connectivity index (χ2n) is 5.41. The highest BCUT2D eigenvalue weighted by Gasteiger charge is 2.40. The fraction of sp³-hybridized carbons (Fsp3) is 0.818. The van der Waals surface area contributed by atoms with E-state index in [9.17, 15) is 13.2 Å². The first kappa shape index (κ1) is 18.1. The topological polar surface area (TPSA) is 114 Å². The lowest BCUT2D eigenvalue weighted by Crippen LogP contribution is -2.63. The van der Waals surface area contributed by atoms with Gasteiger partial charge in [0.15, 0.2) is 0 Å². The Kier molecular flexibility index (Phi) is 5.91. The molecule has 0 unspecified atom stereocenters. The minimum absolute atomic E-state index is 0.0678. The van der Waals surface area contributed by atoms with Crippen molar-refractivity contribution in [2.75, 3.05) is 20.1 Å². The average Bonchev–Trinajstić information content (AvgIpc) is 2.29. The summed E-state index contributed by atoms with van der Waals surface area (Å²) in [6, 6.07) is 0. The van der Waals surface area contributed by atoms with Crippen molar-refractivity contribution in [3.63, 3.8) is 0 Å². The molecule has 8 nitrogen and oxygen atoms in total. The summed E-state index contributed by atoms with van der Waals surface area (Å²) >= 11 is 5.01. The lowest BCUT2D eigenvalue weighted by molar-refractivity contribution is 0.121. The number of thiocarbonyl (C=S) groups is 1. The molecule has 1 fully saturated rings. The van der Waals surface area contributed by atoms with Gasteiger partial charge in [-0.15, -0.1) is 0 Å². The van der Waals surface area contributed by atoms with Crippen molar-refractivity contribution >= 4 is 33.5 Å². The molecule has 0 aromatic heterocycles. The van der Waals surface area contributed by atoms with Crippen LogP contribution in [-0.4, -0.2) is 56.2 Å². The molecule has 1 aliphatic rings. The number of nitrogens with one attached hydrogen (secondary N) is 2. The molecule has 122 valence electrons. The number of hydrogen-bond donors (Lipinski definition) is 3. The van der Waals surface area contributed by atoms with Crippen LogP contribution in [-0.2, 0) is 14.9 Å². The first-order chi connectivity index (χ1) is 9.56. The van der Waals surface area contributed by atoms with Crippen LogP contribution in [0, 0.1) is 0 Å². The van der Waals surface area contributed by atoms with Gasteiger partial charge in [-0.1, -0.05) is 12.2 Å². The van der Waals surface area contributed by atoms with Gasteiger partial charge >= 0.3 is 16.3 Å². The molecule has 0 atom stereocenters. The van der Waals surface area contributed by atoms with Gasteiger partial charge in [-0.05, 0) is 33.7 Å². The Morgan fingerprint density at radius 3 is 2.33 bits per heavy atom. The summed E-state index contributed by atoms with van der Waals surface area (Å²) in [6.45, 7) is 4.53. The fourth-order valence-electron chi connectivity index (χ4n) is 2.03. The Morgan fingerprint density at radius 2 is 1.90 bits per heavy atom. The highest BCUT2D eigenvalue weighted by molar-refractivity contribution is 7.88. The van der Waals surface area contributed by atoms with Crippen molar-refractivity contribution in [2.24, 2.45) is 5.73 Å². The first-order valence-electron chi connectivity index (χ1n) is 6.57. The molecule has 0 radical (unpaired) electrons. The van der Waals surface area contributed by atoms with Crippen LogP contribution in [0.1, 0.15) is 26.7 Å². The van der Waals surface area contributed by atoms with Crippen molar-refractivity contribution in [1.82, 2.24) is 14.3 Å². The quantitative estimate of drug-likeness (QED) is 0.590. The third kappa shape index (κ3) is 5.38. The van der Waals surface area contributed by atoms with Crippen LogP contribution < -0.4 is 15.2 Å². The van der Waals surface area contributed by atoms with E-state index >= 15 is 0 Å². The Morgan fingerprint density at radius 1 is 1.38 bits per heavy atom. The number of hydrogen-bond acceptors (Lipinski definition) is 6. The second kappa shape index (κ2) is 6.86. The molecule has 1 saturated heterocycles. The third-order valence-corrected chi connectivity index (χ3v) is 4.69. The number of rotatable bonds is 5. The van der Waals surface area contributed by atoms with Crippen molar-refractivity contribution in [3.05, 3.63) is 0 Å². The summed E-state index contributed by atoms with van der Waals surface area (Å²) in [5, 5.41) is 0. The van der Waals surface area contributed by atoms with E-state index in [1.165, 1.54) is 0 Å². The molecule has 1 aliphatic heterocycles. The van der Waals surface area contributed by atoms with Crippen molar-refractivity contribution in [1.29, 1.82) is 0 Å².